The van der Waals surface area contributed by atoms with Crippen molar-refractivity contribution in [3.63, 3.8) is 0 Å². The first kappa shape index (κ1) is 13.6. The molecule has 3 nitrogen and oxygen atoms in total. The molecule has 0 aliphatic heterocycles. The topological polar surface area (TPSA) is 38.3 Å². The minimum atomic E-state index is -0.181. The summed E-state index contributed by atoms with van der Waals surface area (Å²) in [4.78, 5) is 12.2. The maximum atomic E-state index is 12.2. The van der Waals surface area contributed by atoms with Gasteiger partial charge in [-0.2, -0.15) is 0 Å². The standard InChI is InChI=1S/C15H14BrNO2/c1-10-9-11(7-8-13(10)16)17-15(18)12-5-3-4-6-14(12)19-2/h3-9H,1-2H3,(H,17,18). The lowest BCUT2D eigenvalue weighted by atomic mass is 10.1. The Balaban J connectivity index is 2.23. The summed E-state index contributed by atoms with van der Waals surface area (Å²) in [5.41, 5.74) is 2.35. The van der Waals surface area contributed by atoms with Gasteiger partial charge in [-0.25, -0.2) is 0 Å². The predicted octanol–water partition coefficient (Wildman–Crippen LogP) is 4.02. The van der Waals surface area contributed by atoms with Gasteiger partial charge in [0.1, 0.15) is 5.75 Å². The first-order chi connectivity index (χ1) is 9.11. The summed E-state index contributed by atoms with van der Waals surface area (Å²) in [6, 6.07) is 12.8. The van der Waals surface area contributed by atoms with Crippen molar-refractivity contribution in [2.45, 2.75) is 6.92 Å². The second-order valence-corrected chi connectivity index (χ2v) is 4.97. The summed E-state index contributed by atoms with van der Waals surface area (Å²) in [5.74, 6) is 0.382. The number of rotatable bonds is 3. The van der Waals surface area contributed by atoms with Gasteiger partial charge in [-0.15, -0.1) is 0 Å². The van der Waals surface area contributed by atoms with Crippen molar-refractivity contribution >= 4 is 27.5 Å². The Kier molecular flexibility index (Phi) is 4.22. The van der Waals surface area contributed by atoms with Crippen LogP contribution in [0.5, 0.6) is 5.75 Å². The number of methoxy groups -OCH3 is 1. The van der Waals surface area contributed by atoms with Gasteiger partial charge in [0, 0.05) is 10.2 Å². The van der Waals surface area contributed by atoms with Crippen LogP contribution in [0.15, 0.2) is 46.9 Å². The fraction of sp³-hybridized carbons (Fsp3) is 0.133. The van der Waals surface area contributed by atoms with Crippen LogP contribution in [0.25, 0.3) is 0 Å². The van der Waals surface area contributed by atoms with Gasteiger partial charge in [-0.05, 0) is 42.8 Å². The molecule has 0 aliphatic carbocycles. The van der Waals surface area contributed by atoms with Crippen LogP contribution in [-0.4, -0.2) is 13.0 Å². The lowest BCUT2D eigenvalue weighted by molar-refractivity contribution is 0.102. The summed E-state index contributed by atoms with van der Waals surface area (Å²) in [6.07, 6.45) is 0. The summed E-state index contributed by atoms with van der Waals surface area (Å²) >= 11 is 3.43. The van der Waals surface area contributed by atoms with Crippen LogP contribution in [0.4, 0.5) is 5.69 Å². The zero-order valence-electron chi connectivity index (χ0n) is 10.7. The van der Waals surface area contributed by atoms with E-state index in [1.54, 1.807) is 19.2 Å². The van der Waals surface area contributed by atoms with Crippen molar-refractivity contribution in [1.82, 2.24) is 0 Å². The molecule has 1 N–H and O–H groups in total. The number of hydrogen-bond donors (Lipinski definition) is 1. The van der Waals surface area contributed by atoms with E-state index in [0.717, 1.165) is 15.7 Å². The number of carbonyl (C=O) groups is 1. The Morgan fingerprint density at radius 3 is 2.63 bits per heavy atom. The number of hydrogen-bond acceptors (Lipinski definition) is 2. The molecule has 0 aliphatic rings. The van der Waals surface area contributed by atoms with Gasteiger partial charge in [-0.3, -0.25) is 4.79 Å². The number of carbonyl (C=O) groups excluding carboxylic acids is 1. The molecule has 19 heavy (non-hydrogen) atoms. The van der Waals surface area contributed by atoms with Gasteiger partial charge >= 0.3 is 0 Å². The molecule has 4 heteroatoms. The van der Waals surface area contributed by atoms with Crippen LogP contribution in [0, 0.1) is 6.92 Å². The van der Waals surface area contributed by atoms with Crippen molar-refractivity contribution in [2.24, 2.45) is 0 Å². The van der Waals surface area contributed by atoms with Gasteiger partial charge in [0.2, 0.25) is 0 Å². The molecule has 1 amide bonds. The first-order valence-corrected chi connectivity index (χ1v) is 6.61. The fourth-order valence-electron chi connectivity index (χ4n) is 1.75. The highest BCUT2D eigenvalue weighted by molar-refractivity contribution is 9.10. The Bertz CT molecular complexity index is 611. The van der Waals surface area contributed by atoms with Gasteiger partial charge in [0.05, 0.1) is 12.7 Å². The monoisotopic (exact) mass is 319 g/mol. The molecular formula is C15H14BrNO2. The third-order valence-electron chi connectivity index (χ3n) is 2.77. The van der Waals surface area contributed by atoms with E-state index in [9.17, 15) is 4.79 Å². The zero-order valence-corrected chi connectivity index (χ0v) is 12.3. The van der Waals surface area contributed by atoms with Crippen LogP contribution >= 0.6 is 15.9 Å². The second-order valence-electron chi connectivity index (χ2n) is 4.12. The smallest absolute Gasteiger partial charge is 0.259 e. The first-order valence-electron chi connectivity index (χ1n) is 5.82. The SMILES string of the molecule is COc1ccccc1C(=O)Nc1ccc(Br)c(C)c1. The number of benzene rings is 2. The molecule has 0 radical (unpaired) electrons. The van der Waals surface area contributed by atoms with Crippen molar-refractivity contribution in [3.05, 3.63) is 58.1 Å². The normalized spacial score (nSPS) is 10.1. The van der Waals surface area contributed by atoms with E-state index in [-0.39, 0.29) is 5.91 Å². The minimum Gasteiger partial charge on any atom is -0.496 e. The summed E-state index contributed by atoms with van der Waals surface area (Å²) < 4.78 is 6.20. The van der Waals surface area contributed by atoms with Crippen LogP contribution in [0.2, 0.25) is 0 Å². The molecular weight excluding hydrogens is 306 g/mol. The quantitative estimate of drug-likeness (QED) is 0.928. The van der Waals surface area contributed by atoms with E-state index in [1.165, 1.54) is 0 Å². The van der Waals surface area contributed by atoms with E-state index in [2.05, 4.69) is 21.2 Å². The molecule has 98 valence electrons. The van der Waals surface area contributed by atoms with E-state index < -0.39 is 0 Å². The van der Waals surface area contributed by atoms with Crippen LogP contribution in [0.1, 0.15) is 15.9 Å². The minimum absolute atomic E-state index is 0.181. The lowest BCUT2D eigenvalue weighted by Crippen LogP contribution is -2.13. The van der Waals surface area contributed by atoms with Crippen molar-refractivity contribution in [1.29, 1.82) is 0 Å². The largest absolute Gasteiger partial charge is 0.496 e. The molecule has 0 heterocycles. The van der Waals surface area contributed by atoms with Crippen LogP contribution in [0.3, 0.4) is 0 Å². The number of aryl methyl sites for hydroxylation is 1. The molecule has 2 aromatic carbocycles. The number of amides is 1. The van der Waals surface area contributed by atoms with Gasteiger partial charge in [-0.1, -0.05) is 28.1 Å². The van der Waals surface area contributed by atoms with E-state index in [0.29, 0.717) is 11.3 Å². The Morgan fingerprint density at radius 1 is 1.21 bits per heavy atom. The highest BCUT2D eigenvalue weighted by Crippen LogP contribution is 2.22. The molecule has 0 aromatic heterocycles. The van der Waals surface area contributed by atoms with Gasteiger partial charge in [0.25, 0.3) is 5.91 Å². The van der Waals surface area contributed by atoms with E-state index in [1.807, 2.05) is 37.3 Å². The predicted molar refractivity (Wildman–Crippen MR) is 79.8 cm³/mol. The van der Waals surface area contributed by atoms with Crippen molar-refractivity contribution in [3.8, 4) is 5.75 Å². The average Bonchev–Trinajstić information content (AvgIpc) is 2.43. The maximum Gasteiger partial charge on any atom is 0.259 e. The number of anilines is 1. The number of para-hydroxylation sites is 1. The fourth-order valence-corrected chi connectivity index (χ4v) is 2.00. The van der Waals surface area contributed by atoms with Gasteiger partial charge in [0.15, 0.2) is 0 Å². The summed E-state index contributed by atoms with van der Waals surface area (Å²) in [6.45, 7) is 1.98. The number of nitrogens with one attached hydrogen (secondary N) is 1. The molecule has 0 unspecified atom stereocenters. The van der Waals surface area contributed by atoms with Crippen molar-refractivity contribution in [2.75, 3.05) is 12.4 Å². The molecule has 0 atom stereocenters. The molecule has 0 bridgehead atoms. The highest BCUT2D eigenvalue weighted by atomic mass is 79.9. The van der Waals surface area contributed by atoms with Crippen LogP contribution in [-0.2, 0) is 0 Å². The third-order valence-corrected chi connectivity index (χ3v) is 3.66. The molecule has 2 rings (SSSR count). The van der Waals surface area contributed by atoms with E-state index >= 15 is 0 Å². The molecule has 0 fully saturated rings. The molecule has 0 spiro atoms. The van der Waals surface area contributed by atoms with Gasteiger partial charge < -0.3 is 10.1 Å². The molecule has 0 saturated heterocycles. The lowest BCUT2D eigenvalue weighted by Gasteiger charge is -2.10. The van der Waals surface area contributed by atoms with E-state index in [4.69, 9.17) is 4.74 Å². The third kappa shape index (κ3) is 3.15. The number of ether oxygens (including phenoxy) is 1. The Hall–Kier alpha value is -1.81. The second kappa shape index (κ2) is 5.89. The average molecular weight is 320 g/mol. The zero-order chi connectivity index (χ0) is 13.8. The van der Waals surface area contributed by atoms with Crippen LogP contribution < -0.4 is 10.1 Å². The maximum absolute atomic E-state index is 12.2. The highest BCUT2D eigenvalue weighted by Gasteiger charge is 2.11. The molecule has 2 aromatic rings. The molecule has 0 saturated carbocycles. The Morgan fingerprint density at radius 2 is 1.95 bits per heavy atom. The van der Waals surface area contributed by atoms with Crippen molar-refractivity contribution < 1.29 is 9.53 Å². The Labute approximate surface area is 120 Å². The number of halogens is 1. The summed E-state index contributed by atoms with van der Waals surface area (Å²) in [5, 5.41) is 2.86. The summed E-state index contributed by atoms with van der Waals surface area (Å²) in [7, 11) is 1.55.